The minimum atomic E-state index is -0.380. The topological polar surface area (TPSA) is 0 Å². The van der Waals surface area contributed by atoms with Gasteiger partial charge in [0.25, 0.3) is 0 Å². The molecule has 0 saturated carbocycles. The maximum Gasteiger partial charge on any atom is 0.0726 e. The minimum absolute atomic E-state index is 0.380. The summed E-state index contributed by atoms with van der Waals surface area (Å²) in [5.41, 5.74) is 10.5. The Kier molecular flexibility index (Phi) is 4.63. The van der Waals surface area contributed by atoms with E-state index in [9.17, 15) is 0 Å². The Bertz CT molecular complexity index is 2780. The molecule has 45 heavy (non-hydrogen) atoms. The minimum Gasteiger partial charge on any atom is -0.135 e. The molecule has 1 unspecified atom stereocenters. The van der Waals surface area contributed by atoms with Gasteiger partial charge in [-0.15, -0.1) is 11.3 Å². The molecule has 0 aliphatic heterocycles. The zero-order chi connectivity index (χ0) is 29.4. The van der Waals surface area contributed by atoms with Gasteiger partial charge >= 0.3 is 0 Å². The summed E-state index contributed by atoms with van der Waals surface area (Å²) in [6.07, 6.45) is 0. The number of halogens is 1. The lowest BCUT2D eigenvalue weighted by Crippen LogP contribution is -2.26. The number of rotatable bonds is 1. The van der Waals surface area contributed by atoms with E-state index in [4.69, 9.17) is 0 Å². The predicted molar refractivity (Wildman–Crippen MR) is 196 cm³/mol. The smallest absolute Gasteiger partial charge is 0.0726 e. The second kappa shape index (κ2) is 8.48. The fraction of sp³-hybridized carbons (Fsp3) is 0.0233. The molecule has 2 heteroatoms. The molecular weight excluding hydrogens is 628 g/mol. The van der Waals surface area contributed by atoms with Crippen molar-refractivity contribution < 1.29 is 0 Å². The monoisotopic (exact) mass is 650 g/mol. The average Bonchev–Trinajstić information content (AvgIpc) is 3.70. The fourth-order valence-corrected chi connectivity index (χ4v) is 10.1. The van der Waals surface area contributed by atoms with Crippen LogP contribution in [0.15, 0.2) is 144 Å². The molecule has 0 radical (unpaired) electrons. The quantitative estimate of drug-likeness (QED) is 0.155. The highest BCUT2D eigenvalue weighted by atomic mass is 79.9. The predicted octanol–water partition coefficient (Wildman–Crippen LogP) is 12.6. The lowest BCUT2D eigenvalue weighted by molar-refractivity contribution is 0.798. The van der Waals surface area contributed by atoms with Gasteiger partial charge in [0.05, 0.1) is 5.41 Å². The van der Waals surface area contributed by atoms with Crippen LogP contribution in [0.2, 0.25) is 0 Å². The van der Waals surface area contributed by atoms with Crippen LogP contribution in [0.25, 0.3) is 74.7 Å². The van der Waals surface area contributed by atoms with Gasteiger partial charge in [0.2, 0.25) is 0 Å². The van der Waals surface area contributed by atoms with E-state index in [2.05, 4.69) is 155 Å². The van der Waals surface area contributed by atoms with Gasteiger partial charge in [-0.05, 0) is 125 Å². The van der Waals surface area contributed by atoms with E-state index in [1.54, 1.807) is 0 Å². The van der Waals surface area contributed by atoms with E-state index in [-0.39, 0.29) is 5.41 Å². The molecule has 2 aliphatic carbocycles. The molecule has 0 N–H and O–H groups in total. The number of thiophene rings is 1. The summed E-state index contributed by atoms with van der Waals surface area (Å²) < 4.78 is 3.82. The van der Waals surface area contributed by atoms with Crippen molar-refractivity contribution in [3.63, 3.8) is 0 Å². The summed E-state index contributed by atoms with van der Waals surface area (Å²) in [6.45, 7) is 0. The summed E-state index contributed by atoms with van der Waals surface area (Å²) in [5.74, 6) is 0. The van der Waals surface area contributed by atoms with Crippen molar-refractivity contribution in [1.29, 1.82) is 0 Å². The largest absolute Gasteiger partial charge is 0.135 e. The van der Waals surface area contributed by atoms with Crippen molar-refractivity contribution in [2.75, 3.05) is 0 Å². The van der Waals surface area contributed by atoms with Crippen molar-refractivity contribution in [2.45, 2.75) is 5.41 Å². The van der Waals surface area contributed by atoms with Gasteiger partial charge < -0.3 is 0 Å². The van der Waals surface area contributed by atoms with Gasteiger partial charge in [-0.3, -0.25) is 0 Å². The summed E-state index contributed by atoms with van der Waals surface area (Å²) in [7, 11) is 0. The van der Waals surface area contributed by atoms with Gasteiger partial charge in [0.1, 0.15) is 0 Å². The third-order valence-electron chi connectivity index (χ3n) is 10.4. The van der Waals surface area contributed by atoms with Gasteiger partial charge in [0.15, 0.2) is 0 Å². The highest BCUT2D eigenvalue weighted by molar-refractivity contribution is 9.10. The summed E-state index contributed by atoms with van der Waals surface area (Å²) in [6, 6.07) is 53.0. The molecule has 0 amide bonds. The van der Waals surface area contributed by atoms with Crippen LogP contribution in [0.3, 0.4) is 0 Å². The highest BCUT2D eigenvalue weighted by Gasteiger charge is 2.51. The van der Waals surface area contributed by atoms with Crippen LogP contribution >= 0.6 is 27.3 Å². The average molecular weight is 652 g/mol. The number of hydrogen-bond donors (Lipinski definition) is 0. The van der Waals surface area contributed by atoms with Crippen LogP contribution in [0.1, 0.15) is 22.3 Å². The lowest BCUT2D eigenvalue weighted by Gasteiger charge is -2.31. The van der Waals surface area contributed by atoms with Gasteiger partial charge in [-0.1, -0.05) is 107 Å². The number of benzene rings is 8. The van der Waals surface area contributed by atoms with Crippen molar-refractivity contribution >= 4 is 79.8 Å². The molecular formula is C43H23BrS. The van der Waals surface area contributed by atoms with Crippen LogP contribution < -0.4 is 0 Å². The van der Waals surface area contributed by atoms with E-state index in [0.29, 0.717) is 0 Å². The van der Waals surface area contributed by atoms with Gasteiger partial charge in [0, 0.05) is 24.6 Å². The fourth-order valence-electron chi connectivity index (χ4n) is 8.63. The molecule has 2 aliphatic rings. The molecule has 0 nitrogen and oxygen atoms in total. The Hall–Kier alpha value is -4.76. The Morgan fingerprint density at radius 3 is 2.16 bits per heavy atom. The number of fused-ring (bicyclic) bond motifs is 11. The van der Waals surface area contributed by atoms with Crippen molar-refractivity contribution in [2.24, 2.45) is 0 Å². The Labute approximate surface area is 272 Å². The first kappa shape index (κ1) is 24.5. The first-order valence-corrected chi connectivity index (χ1v) is 17.1. The van der Waals surface area contributed by atoms with Crippen molar-refractivity contribution in [1.82, 2.24) is 0 Å². The maximum atomic E-state index is 3.65. The Morgan fingerprint density at radius 2 is 1.18 bits per heavy atom. The molecule has 8 aromatic carbocycles. The van der Waals surface area contributed by atoms with Crippen LogP contribution in [0, 0.1) is 0 Å². The molecule has 1 aromatic heterocycles. The van der Waals surface area contributed by atoms with Crippen LogP contribution in [0.5, 0.6) is 0 Å². The highest BCUT2D eigenvalue weighted by Crippen LogP contribution is 2.63. The molecule has 11 rings (SSSR count). The Morgan fingerprint density at radius 1 is 0.422 bits per heavy atom. The molecule has 1 atom stereocenters. The van der Waals surface area contributed by atoms with Gasteiger partial charge in [-0.2, -0.15) is 0 Å². The molecule has 0 fully saturated rings. The van der Waals surface area contributed by atoms with E-state index in [1.165, 1.54) is 97.0 Å². The second-order valence-corrected chi connectivity index (χ2v) is 14.6. The lowest BCUT2D eigenvalue weighted by atomic mass is 9.69. The SMILES string of the molecule is Brc1ccc2cc(-c3cc4c5c(ccc6cccc(c65)C45c4ccccc4-c4cc6c(cc45)sc4ccccc46)c3)ccc2c1. The van der Waals surface area contributed by atoms with E-state index in [1.807, 2.05) is 11.3 Å². The van der Waals surface area contributed by atoms with Crippen molar-refractivity contribution in [3.05, 3.63) is 166 Å². The molecule has 0 saturated heterocycles. The third-order valence-corrected chi connectivity index (χ3v) is 12.1. The van der Waals surface area contributed by atoms with Crippen molar-refractivity contribution in [3.8, 4) is 22.3 Å². The standard InChI is InChI=1S/C43H23BrS/c44-30-17-16-25-18-26(13-14-27(25)20-30)29-19-28-15-12-24-6-5-10-36-41(24)42(28)38(21-29)43(36)35-9-3-1-7-31(35)33-22-34-32-8-2-4-11-39(32)45-40(34)23-37(33)43/h1-23H. The molecule has 0 bridgehead atoms. The summed E-state index contributed by atoms with van der Waals surface area (Å²) in [5, 5.41) is 10.6. The molecule has 1 heterocycles. The van der Waals surface area contributed by atoms with Gasteiger partial charge in [-0.25, -0.2) is 0 Å². The maximum absolute atomic E-state index is 3.65. The molecule has 9 aromatic rings. The summed E-state index contributed by atoms with van der Waals surface area (Å²) in [4.78, 5) is 0. The number of hydrogen-bond acceptors (Lipinski definition) is 1. The van der Waals surface area contributed by atoms with Crippen LogP contribution in [0.4, 0.5) is 0 Å². The summed E-state index contributed by atoms with van der Waals surface area (Å²) >= 11 is 5.56. The zero-order valence-electron chi connectivity index (χ0n) is 24.1. The normalized spacial score (nSPS) is 16.2. The van der Waals surface area contributed by atoms with E-state index < -0.39 is 0 Å². The first-order valence-electron chi connectivity index (χ1n) is 15.4. The Balaban J connectivity index is 1.29. The van der Waals surface area contributed by atoms with Crippen LogP contribution in [-0.4, -0.2) is 0 Å². The molecule has 208 valence electrons. The van der Waals surface area contributed by atoms with E-state index in [0.717, 1.165) is 4.47 Å². The first-order chi connectivity index (χ1) is 22.2. The zero-order valence-corrected chi connectivity index (χ0v) is 26.5. The second-order valence-electron chi connectivity index (χ2n) is 12.6. The van der Waals surface area contributed by atoms with E-state index >= 15 is 0 Å². The third kappa shape index (κ3) is 3.02. The molecule has 1 spiro atoms. The van der Waals surface area contributed by atoms with Crippen LogP contribution in [-0.2, 0) is 5.41 Å².